The molecule has 1 saturated heterocycles. The summed E-state index contributed by atoms with van der Waals surface area (Å²) in [5.41, 5.74) is 7.71. The van der Waals surface area contributed by atoms with E-state index in [1.54, 1.807) is 0 Å². The van der Waals surface area contributed by atoms with Gasteiger partial charge in [0.05, 0.1) is 13.1 Å². The molecule has 0 spiro atoms. The van der Waals surface area contributed by atoms with Crippen molar-refractivity contribution in [1.82, 2.24) is 0 Å². The Morgan fingerprint density at radius 3 is 1.63 bits per heavy atom. The fraction of sp³-hybridized carbons (Fsp3) is 0.471. The molecular formula is C34H46N+. The molecule has 2 atom stereocenters. The maximum Gasteiger partial charge on any atom is 0.105 e. The predicted octanol–water partition coefficient (Wildman–Crippen LogP) is 8.45. The van der Waals surface area contributed by atoms with E-state index in [0.717, 1.165) is 19.0 Å². The molecule has 3 aromatic carbocycles. The minimum absolute atomic E-state index is 0.202. The zero-order chi connectivity index (χ0) is 25.1. The van der Waals surface area contributed by atoms with Crippen molar-refractivity contribution in [2.45, 2.75) is 84.7 Å². The molecule has 4 rings (SSSR count). The molecule has 1 fully saturated rings. The van der Waals surface area contributed by atoms with Crippen molar-refractivity contribution in [3.8, 4) is 0 Å². The summed E-state index contributed by atoms with van der Waals surface area (Å²) in [6.07, 6.45) is 3.86. The molecule has 0 radical (unpaired) electrons. The monoisotopic (exact) mass is 468 g/mol. The van der Waals surface area contributed by atoms with Gasteiger partial charge < -0.3 is 4.48 Å². The molecule has 186 valence electrons. The summed E-state index contributed by atoms with van der Waals surface area (Å²) in [5, 5.41) is 0. The second-order valence-electron chi connectivity index (χ2n) is 13.2. The summed E-state index contributed by atoms with van der Waals surface area (Å²) in [5.74, 6) is 0.738. The van der Waals surface area contributed by atoms with Gasteiger partial charge in [-0.05, 0) is 46.8 Å². The highest BCUT2D eigenvalue weighted by molar-refractivity contribution is 5.28. The van der Waals surface area contributed by atoms with E-state index < -0.39 is 0 Å². The number of piperidine rings is 1. The van der Waals surface area contributed by atoms with E-state index in [-0.39, 0.29) is 10.8 Å². The van der Waals surface area contributed by atoms with Crippen molar-refractivity contribution in [2.75, 3.05) is 13.1 Å². The van der Waals surface area contributed by atoms with Gasteiger partial charge in [-0.15, -0.1) is 0 Å². The quantitative estimate of drug-likeness (QED) is 0.318. The molecule has 0 aromatic heterocycles. The Morgan fingerprint density at radius 2 is 1.11 bits per heavy atom. The number of benzene rings is 3. The van der Waals surface area contributed by atoms with Crippen molar-refractivity contribution < 1.29 is 4.48 Å². The van der Waals surface area contributed by atoms with E-state index in [0.29, 0.717) is 0 Å². The van der Waals surface area contributed by atoms with E-state index in [1.165, 1.54) is 64.7 Å². The number of nitrogens with zero attached hydrogens (tertiary/aromatic N) is 1. The van der Waals surface area contributed by atoms with Crippen LogP contribution in [-0.2, 0) is 30.3 Å². The molecule has 0 unspecified atom stereocenters. The minimum atomic E-state index is 0.202. The first-order valence-electron chi connectivity index (χ1n) is 13.6. The number of hydrogen-bond donors (Lipinski definition) is 0. The van der Waals surface area contributed by atoms with Crippen LogP contribution in [0.4, 0.5) is 0 Å². The first-order chi connectivity index (χ1) is 16.5. The molecule has 0 saturated carbocycles. The lowest BCUT2D eigenvalue weighted by Gasteiger charge is -2.45. The molecule has 1 nitrogen and oxygen atoms in total. The smallest absolute Gasteiger partial charge is 0.105 e. The number of rotatable bonds is 6. The van der Waals surface area contributed by atoms with Crippen LogP contribution in [0.2, 0.25) is 0 Å². The van der Waals surface area contributed by atoms with Crippen LogP contribution < -0.4 is 0 Å². The third-order valence-corrected chi connectivity index (χ3v) is 7.93. The highest BCUT2D eigenvalue weighted by Gasteiger charge is 2.35. The van der Waals surface area contributed by atoms with Crippen molar-refractivity contribution in [2.24, 2.45) is 5.92 Å². The fourth-order valence-electron chi connectivity index (χ4n) is 5.90. The van der Waals surface area contributed by atoms with Gasteiger partial charge in [-0.25, -0.2) is 0 Å². The van der Waals surface area contributed by atoms with Crippen LogP contribution in [-0.4, -0.2) is 17.6 Å². The van der Waals surface area contributed by atoms with Crippen LogP contribution in [0.3, 0.4) is 0 Å². The maximum atomic E-state index is 2.39. The predicted molar refractivity (Wildman–Crippen MR) is 151 cm³/mol. The summed E-state index contributed by atoms with van der Waals surface area (Å²) in [6, 6.07) is 30.1. The second-order valence-corrected chi connectivity index (χ2v) is 13.2. The standard InChI is InChI=1S/C34H46N/c1-33(2,3)31-18-14-27(15-19-31)23-30-13-10-22-35(26-30,24-28-11-8-7-9-12-28)25-29-16-20-32(21-17-29)34(4,5)6/h7-9,11-12,14-21,30H,10,13,22-26H2,1-6H3/q+1/t30-,35-/m0/s1. The lowest BCUT2D eigenvalue weighted by Crippen LogP contribution is -2.53. The van der Waals surface area contributed by atoms with E-state index in [1.807, 2.05) is 0 Å². The molecule has 1 heterocycles. The second kappa shape index (κ2) is 10.3. The van der Waals surface area contributed by atoms with Crippen LogP contribution in [0, 0.1) is 5.92 Å². The van der Waals surface area contributed by atoms with Crippen molar-refractivity contribution in [3.63, 3.8) is 0 Å². The van der Waals surface area contributed by atoms with Crippen LogP contribution in [0.15, 0.2) is 78.9 Å². The third-order valence-electron chi connectivity index (χ3n) is 7.93. The first kappa shape index (κ1) is 25.7. The molecule has 0 N–H and O–H groups in total. The largest absolute Gasteiger partial charge is 0.316 e. The summed E-state index contributed by atoms with van der Waals surface area (Å²) in [4.78, 5) is 0. The van der Waals surface area contributed by atoms with Crippen molar-refractivity contribution >= 4 is 0 Å². The van der Waals surface area contributed by atoms with Crippen LogP contribution in [0.1, 0.15) is 82.2 Å². The normalized spacial score (nSPS) is 21.1. The Morgan fingerprint density at radius 1 is 0.629 bits per heavy atom. The molecule has 0 bridgehead atoms. The third kappa shape index (κ3) is 6.85. The SMILES string of the molecule is CC(C)(C)c1ccc(C[C@@H]2CCC[N@+](Cc3ccccc3)(Cc3ccc(C(C)(C)C)cc3)C2)cc1. The molecule has 0 amide bonds. The lowest BCUT2D eigenvalue weighted by atomic mass is 9.84. The zero-order valence-corrected chi connectivity index (χ0v) is 23.0. The van der Waals surface area contributed by atoms with E-state index >= 15 is 0 Å². The van der Waals surface area contributed by atoms with Crippen LogP contribution in [0.25, 0.3) is 0 Å². The highest BCUT2D eigenvalue weighted by atomic mass is 15.4. The van der Waals surface area contributed by atoms with Gasteiger partial charge in [-0.1, -0.05) is 120 Å². The molecule has 1 aliphatic rings. The van der Waals surface area contributed by atoms with Crippen LogP contribution >= 0.6 is 0 Å². The minimum Gasteiger partial charge on any atom is -0.316 e. The van der Waals surface area contributed by atoms with Gasteiger partial charge in [0, 0.05) is 17.0 Å². The van der Waals surface area contributed by atoms with Gasteiger partial charge in [-0.3, -0.25) is 0 Å². The number of likely N-dealkylation sites (tertiary alicyclic amines) is 1. The van der Waals surface area contributed by atoms with Gasteiger partial charge in [0.25, 0.3) is 0 Å². The van der Waals surface area contributed by atoms with Gasteiger partial charge >= 0.3 is 0 Å². The highest BCUT2D eigenvalue weighted by Crippen LogP contribution is 2.32. The molecule has 0 aliphatic carbocycles. The van der Waals surface area contributed by atoms with Gasteiger partial charge in [0.2, 0.25) is 0 Å². The Labute approximate surface area is 214 Å². The zero-order valence-electron chi connectivity index (χ0n) is 23.0. The summed E-state index contributed by atoms with van der Waals surface area (Å²) in [6.45, 7) is 18.6. The number of quaternary nitrogens is 1. The van der Waals surface area contributed by atoms with E-state index in [4.69, 9.17) is 0 Å². The Hall–Kier alpha value is -2.38. The van der Waals surface area contributed by atoms with Gasteiger partial charge in [-0.2, -0.15) is 0 Å². The molecule has 1 heteroatoms. The molecule has 3 aromatic rings. The molecular weight excluding hydrogens is 422 g/mol. The maximum absolute atomic E-state index is 2.39. The summed E-state index contributed by atoms with van der Waals surface area (Å²) < 4.78 is 1.17. The average molecular weight is 469 g/mol. The lowest BCUT2D eigenvalue weighted by molar-refractivity contribution is -0.961. The first-order valence-corrected chi connectivity index (χ1v) is 13.6. The van der Waals surface area contributed by atoms with Crippen molar-refractivity contribution in [1.29, 1.82) is 0 Å². The summed E-state index contributed by atoms with van der Waals surface area (Å²) >= 11 is 0. The Balaban J connectivity index is 1.54. The molecule has 1 aliphatic heterocycles. The summed E-state index contributed by atoms with van der Waals surface area (Å²) in [7, 11) is 0. The molecule has 35 heavy (non-hydrogen) atoms. The fourth-order valence-corrected chi connectivity index (χ4v) is 5.90. The van der Waals surface area contributed by atoms with Crippen LogP contribution in [0.5, 0.6) is 0 Å². The van der Waals surface area contributed by atoms with Gasteiger partial charge in [0.1, 0.15) is 13.1 Å². The average Bonchev–Trinajstić information content (AvgIpc) is 2.79. The van der Waals surface area contributed by atoms with E-state index in [9.17, 15) is 0 Å². The van der Waals surface area contributed by atoms with E-state index in [2.05, 4.69) is 120 Å². The topological polar surface area (TPSA) is 0 Å². The Kier molecular flexibility index (Phi) is 7.57. The van der Waals surface area contributed by atoms with Crippen molar-refractivity contribution in [3.05, 3.63) is 107 Å². The van der Waals surface area contributed by atoms with Gasteiger partial charge in [0.15, 0.2) is 0 Å². The number of hydrogen-bond acceptors (Lipinski definition) is 0. The Bertz CT molecular complexity index is 1060.